The third kappa shape index (κ3) is 3.04. The van der Waals surface area contributed by atoms with Crippen LogP contribution in [0.5, 0.6) is 0 Å². The van der Waals surface area contributed by atoms with Gasteiger partial charge in [-0.25, -0.2) is 0 Å². The second kappa shape index (κ2) is 6.32. The summed E-state index contributed by atoms with van der Waals surface area (Å²) < 4.78 is 0. The lowest BCUT2D eigenvalue weighted by Gasteiger charge is -2.17. The fraction of sp³-hybridized carbons (Fsp3) is 0.316. The minimum Gasteiger partial charge on any atom is -0.338 e. The van der Waals surface area contributed by atoms with Crippen LogP contribution in [0.2, 0.25) is 0 Å². The summed E-state index contributed by atoms with van der Waals surface area (Å²) in [6.07, 6.45) is 1.03. The molecule has 3 heteroatoms. The van der Waals surface area contributed by atoms with Crippen LogP contribution in [0.3, 0.4) is 0 Å². The van der Waals surface area contributed by atoms with Crippen LogP contribution in [-0.2, 0) is 6.54 Å². The van der Waals surface area contributed by atoms with E-state index in [2.05, 4.69) is 31.2 Å². The van der Waals surface area contributed by atoms with Gasteiger partial charge < -0.3 is 10.6 Å². The van der Waals surface area contributed by atoms with Gasteiger partial charge in [-0.05, 0) is 36.6 Å². The summed E-state index contributed by atoms with van der Waals surface area (Å²) in [6, 6.07) is 16.2. The Hall–Kier alpha value is -2.13. The fourth-order valence-electron chi connectivity index (χ4n) is 3.15. The number of hydrogen-bond acceptors (Lipinski definition) is 2. The molecule has 1 fully saturated rings. The Labute approximate surface area is 131 Å². The molecule has 1 saturated heterocycles. The molecule has 2 N–H and O–H groups in total. The number of nitrogens with zero attached hydrogens (tertiary/aromatic N) is 1. The molecule has 0 aliphatic carbocycles. The van der Waals surface area contributed by atoms with Crippen molar-refractivity contribution in [3.8, 4) is 0 Å². The minimum atomic E-state index is 0.116. The molecule has 0 spiro atoms. The molecule has 0 saturated carbocycles. The lowest BCUT2D eigenvalue weighted by atomic mass is 9.97. The van der Waals surface area contributed by atoms with Gasteiger partial charge in [0, 0.05) is 31.1 Å². The SMILES string of the molecule is Cc1cccc(C2CCN(C(=O)c3cccc(CN)c3)C2)c1. The van der Waals surface area contributed by atoms with Crippen molar-refractivity contribution < 1.29 is 4.79 Å². The maximum atomic E-state index is 12.6. The molecule has 1 atom stereocenters. The van der Waals surface area contributed by atoms with Gasteiger partial charge in [0.15, 0.2) is 0 Å². The number of carbonyl (C=O) groups excluding carboxylic acids is 1. The standard InChI is InChI=1S/C19H22N2O/c1-14-4-2-6-16(10-14)18-8-9-21(13-18)19(22)17-7-3-5-15(11-17)12-20/h2-7,10-11,18H,8-9,12-13,20H2,1H3. The molecule has 1 heterocycles. The summed E-state index contributed by atoms with van der Waals surface area (Å²) in [5.74, 6) is 0.562. The van der Waals surface area contributed by atoms with Gasteiger partial charge in [-0.15, -0.1) is 0 Å². The highest BCUT2D eigenvalue weighted by atomic mass is 16.2. The second-order valence-corrected chi connectivity index (χ2v) is 6.06. The minimum absolute atomic E-state index is 0.116. The summed E-state index contributed by atoms with van der Waals surface area (Å²) in [5.41, 5.74) is 10.0. The summed E-state index contributed by atoms with van der Waals surface area (Å²) in [5, 5.41) is 0. The number of rotatable bonds is 3. The predicted molar refractivity (Wildman–Crippen MR) is 88.8 cm³/mol. The van der Waals surface area contributed by atoms with E-state index in [1.54, 1.807) is 0 Å². The van der Waals surface area contributed by atoms with Crippen molar-refractivity contribution in [3.05, 3.63) is 70.8 Å². The van der Waals surface area contributed by atoms with E-state index in [-0.39, 0.29) is 5.91 Å². The maximum Gasteiger partial charge on any atom is 0.253 e. The molecule has 0 radical (unpaired) electrons. The molecule has 1 aliphatic heterocycles. The summed E-state index contributed by atoms with van der Waals surface area (Å²) >= 11 is 0. The number of nitrogens with two attached hydrogens (primary N) is 1. The number of aryl methyl sites for hydroxylation is 1. The Bertz CT molecular complexity index is 681. The summed E-state index contributed by atoms with van der Waals surface area (Å²) in [6.45, 7) is 4.20. The van der Waals surface area contributed by atoms with Crippen LogP contribution in [0.25, 0.3) is 0 Å². The van der Waals surface area contributed by atoms with Crippen LogP contribution in [0.4, 0.5) is 0 Å². The lowest BCUT2D eigenvalue weighted by molar-refractivity contribution is 0.0790. The Morgan fingerprint density at radius 3 is 2.82 bits per heavy atom. The van der Waals surface area contributed by atoms with Crippen molar-refractivity contribution in [2.75, 3.05) is 13.1 Å². The predicted octanol–water partition coefficient (Wildman–Crippen LogP) is 3.08. The monoisotopic (exact) mass is 294 g/mol. The molecule has 1 unspecified atom stereocenters. The molecule has 3 rings (SSSR count). The Kier molecular flexibility index (Phi) is 4.25. The molecule has 2 aromatic carbocycles. The van der Waals surface area contributed by atoms with E-state index in [0.717, 1.165) is 30.6 Å². The lowest BCUT2D eigenvalue weighted by Crippen LogP contribution is -2.28. The third-order valence-corrected chi connectivity index (χ3v) is 4.40. The van der Waals surface area contributed by atoms with E-state index in [1.165, 1.54) is 11.1 Å². The molecule has 2 aromatic rings. The number of benzene rings is 2. The first-order chi connectivity index (χ1) is 10.7. The smallest absolute Gasteiger partial charge is 0.253 e. The number of carbonyl (C=O) groups is 1. The normalized spacial score (nSPS) is 17.7. The Morgan fingerprint density at radius 1 is 1.23 bits per heavy atom. The van der Waals surface area contributed by atoms with E-state index in [4.69, 9.17) is 5.73 Å². The van der Waals surface area contributed by atoms with E-state index in [1.807, 2.05) is 29.2 Å². The molecule has 114 valence electrons. The average molecular weight is 294 g/mol. The van der Waals surface area contributed by atoms with Crippen LogP contribution in [-0.4, -0.2) is 23.9 Å². The molecule has 1 amide bonds. The zero-order valence-corrected chi connectivity index (χ0v) is 13.0. The maximum absolute atomic E-state index is 12.6. The summed E-state index contributed by atoms with van der Waals surface area (Å²) in [4.78, 5) is 14.6. The molecular weight excluding hydrogens is 272 g/mol. The van der Waals surface area contributed by atoms with Crippen LogP contribution >= 0.6 is 0 Å². The molecule has 22 heavy (non-hydrogen) atoms. The van der Waals surface area contributed by atoms with Crippen molar-refractivity contribution >= 4 is 5.91 Å². The zero-order valence-electron chi connectivity index (χ0n) is 13.0. The van der Waals surface area contributed by atoms with E-state index in [9.17, 15) is 4.79 Å². The van der Waals surface area contributed by atoms with Crippen molar-refractivity contribution in [3.63, 3.8) is 0 Å². The van der Waals surface area contributed by atoms with Gasteiger partial charge in [-0.2, -0.15) is 0 Å². The molecule has 1 aliphatic rings. The highest BCUT2D eigenvalue weighted by molar-refractivity contribution is 5.94. The van der Waals surface area contributed by atoms with E-state index < -0.39 is 0 Å². The topological polar surface area (TPSA) is 46.3 Å². The van der Waals surface area contributed by atoms with E-state index in [0.29, 0.717) is 12.5 Å². The van der Waals surface area contributed by atoms with Gasteiger partial charge in [0.2, 0.25) is 0 Å². The number of likely N-dealkylation sites (tertiary alicyclic amines) is 1. The van der Waals surface area contributed by atoms with Gasteiger partial charge in [-0.3, -0.25) is 4.79 Å². The van der Waals surface area contributed by atoms with Gasteiger partial charge in [0.25, 0.3) is 5.91 Å². The van der Waals surface area contributed by atoms with Crippen molar-refractivity contribution in [1.29, 1.82) is 0 Å². The third-order valence-electron chi connectivity index (χ3n) is 4.40. The molecule has 3 nitrogen and oxygen atoms in total. The van der Waals surface area contributed by atoms with Gasteiger partial charge in [0.05, 0.1) is 0 Å². The average Bonchev–Trinajstić information content (AvgIpc) is 3.04. The first kappa shape index (κ1) is 14.8. The molecule has 0 aromatic heterocycles. The van der Waals surface area contributed by atoms with Crippen molar-refractivity contribution in [2.45, 2.75) is 25.8 Å². The largest absolute Gasteiger partial charge is 0.338 e. The highest BCUT2D eigenvalue weighted by Gasteiger charge is 2.27. The zero-order chi connectivity index (χ0) is 15.5. The van der Waals surface area contributed by atoms with Crippen molar-refractivity contribution in [1.82, 2.24) is 4.90 Å². The number of amides is 1. The van der Waals surface area contributed by atoms with Crippen molar-refractivity contribution in [2.24, 2.45) is 5.73 Å². The Balaban J connectivity index is 1.73. The summed E-state index contributed by atoms with van der Waals surface area (Å²) in [7, 11) is 0. The quantitative estimate of drug-likeness (QED) is 0.945. The Morgan fingerprint density at radius 2 is 2.05 bits per heavy atom. The van der Waals surface area contributed by atoms with Gasteiger partial charge in [-0.1, -0.05) is 42.0 Å². The fourth-order valence-corrected chi connectivity index (χ4v) is 3.15. The highest BCUT2D eigenvalue weighted by Crippen LogP contribution is 2.28. The van der Waals surface area contributed by atoms with Crippen LogP contribution in [0.15, 0.2) is 48.5 Å². The van der Waals surface area contributed by atoms with Crippen LogP contribution in [0, 0.1) is 6.92 Å². The number of hydrogen-bond donors (Lipinski definition) is 1. The first-order valence-electron chi connectivity index (χ1n) is 7.82. The van der Waals surface area contributed by atoms with Gasteiger partial charge in [0.1, 0.15) is 0 Å². The van der Waals surface area contributed by atoms with E-state index >= 15 is 0 Å². The second-order valence-electron chi connectivity index (χ2n) is 6.06. The van der Waals surface area contributed by atoms with Crippen LogP contribution < -0.4 is 5.73 Å². The molecule has 0 bridgehead atoms. The van der Waals surface area contributed by atoms with Crippen LogP contribution in [0.1, 0.15) is 39.4 Å². The first-order valence-corrected chi connectivity index (χ1v) is 7.82. The molecular formula is C19H22N2O. The van der Waals surface area contributed by atoms with Gasteiger partial charge >= 0.3 is 0 Å².